The maximum absolute atomic E-state index is 0. The summed E-state index contributed by atoms with van der Waals surface area (Å²) in [5, 5.41) is 0. The molecule has 0 atom stereocenters. The van der Waals surface area contributed by atoms with E-state index in [4.69, 9.17) is 0 Å². The smallest absolute Gasteiger partial charge is 2.00 e. The molecule has 0 rings (SSSR count). The summed E-state index contributed by atoms with van der Waals surface area (Å²) in [5.41, 5.74) is 0. The van der Waals surface area contributed by atoms with E-state index in [0.29, 0.717) is 0 Å². The predicted octanol–water partition coefficient (Wildman–Crippen LogP) is -0.599. The van der Waals surface area contributed by atoms with Gasteiger partial charge in [0.25, 0.3) is 0 Å². The predicted molar refractivity (Wildman–Crippen MR) is 5.24 cm³/mol. The Morgan fingerprint density at radius 3 is 0.429 bits per heavy atom. The van der Waals surface area contributed by atoms with Gasteiger partial charge < -0.3 is 21.9 Å². The van der Waals surface area contributed by atoms with Crippen molar-refractivity contribution in [1.29, 1.82) is 0 Å². The van der Waals surface area contributed by atoms with E-state index in [1.54, 1.807) is 0 Å². The molecule has 0 unspecified atom stereocenters. The molecule has 0 saturated heterocycles. The molecule has 0 saturated carbocycles. The van der Waals surface area contributed by atoms with Gasteiger partial charge in [-0.25, -0.2) is 0 Å². The zero-order valence-electron chi connectivity index (χ0n) is 2.84. The van der Waals surface area contributed by atoms with Crippen LogP contribution in [0.25, 0.3) is 0 Å². The van der Waals surface area contributed by atoms with Crippen molar-refractivity contribution in [3.05, 3.63) is 0 Å². The zero-order chi connectivity index (χ0) is 0. The molecule has 0 aromatic heterocycles. The molecule has 0 fully saturated rings. The molecule has 0 aliphatic carbocycles. The van der Waals surface area contributed by atoms with Crippen LogP contribution in [0.4, 0.5) is 0 Å². The molecule has 7 heteroatoms. The van der Waals surface area contributed by atoms with E-state index in [-0.39, 0.29) is 73.1 Å². The van der Waals surface area contributed by atoms with Crippen molar-refractivity contribution in [3.63, 3.8) is 0 Å². The van der Waals surface area contributed by atoms with Crippen LogP contribution < -0.4 is 0 Å². The third kappa shape index (κ3) is 110. The minimum absolute atomic E-state index is 0. The molecule has 0 bridgehead atoms. The molecular weight excluding hydrogens is 229 g/mol. The van der Waals surface area contributed by atoms with E-state index in [1.807, 2.05) is 0 Å². The fraction of sp³-hybridized carbons (Fsp3) is 0. The Balaban J connectivity index is 0. The molecule has 0 heterocycles. The van der Waals surface area contributed by atoms with Gasteiger partial charge in [0.05, 0.1) is 0 Å². The average molecular weight is 231 g/mol. The molecule has 0 aliphatic heterocycles. The van der Waals surface area contributed by atoms with Crippen molar-refractivity contribution in [2.24, 2.45) is 0 Å². The molecule has 7 heavy (non-hydrogen) atoms. The van der Waals surface area contributed by atoms with Gasteiger partial charge >= 0.3 is 51.2 Å². The molecule has 0 aromatic rings. The van der Waals surface area contributed by atoms with Crippen LogP contribution in [0.2, 0.25) is 0 Å². The first kappa shape index (κ1) is 235. The molecular formula is H2Mn3O4. The minimum atomic E-state index is 0. The van der Waals surface area contributed by atoms with Crippen molar-refractivity contribution in [1.82, 2.24) is 0 Å². The van der Waals surface area contributed by atoms with Gasteiger partial charge in [0.2, 0.25) is 0 Å². The van der Waals surface area contributed by atoms with Gasteiger partial charge in [0, 0.05) is 0 Å². The molecule has 47 valence electrons. The summed E-state index contributed by atoms with van der Waals surface area (Å²) < 4.78 is 0. The van der Waals surface area contributed by atoms with Crippen LogP contribution in [0, 0.1) is 0 Å². The van der Waals surface area contributed by atoms with Gasteiger partial charge in [0.1, 0.15) is 0 Å². The molecule has 0 aromatic carbocycles. The minimum Gasteiger partial charge on any atom is -2.00 e. The van der Waals surface area contributed by atoms with Gasteiger partial charge in [-0.05, 0) is 0 Å². The standard InChI is InChI=1S/3Mn.2H2O.2O/h;;;2*1H2;;/q3*+2;;;2*-2/p-2. The van der Waals surface area contributed by atoms with Crippen molar-refractivity contribution in [2.45, 2.75) is 0 Å². The van der Waals surface area contributed by atoms with Crippen LogP contribution >= 0.6 is 0 Å². The molecule has 3 radical (unpaired) electrons. The van der Waals surface area contributed by atoms with E-state index in [0.717, 1.165) is 0 Å². The summed E-state index contributed by atoms with van der Waals surface area (Å²) in [6.07, 6.45) is 0. The Morgan fingerprint density at radius 2 is 0.429 bits per heavy atom. The maximum atomic E-state index is 0. The van der Waals surface area contributed by atoms with Crippen LogP contribution in [0.15, 0.2) is 0 Å². The average Bonchev–Trinajstić information content (AvgIpc) is 0. The number of hydrogen-bond donors (Lipinski definition) is 0. The Morgan fingerprint density at radius 1 is 0.429 bits per heavy atom. The van der Waals surface area contributed by atoms with Crippen LogP contribution in [0.5, 0.6) is 0 Å². The fourth-order valence-corrected chi connectivity index (χ4v) is 0. The first-order valence-electron chi connectivity index (χ1n) is 0. The Hall–Kier alpha value is 1.40. The molecule has 2 N–H and O–H groups in total. The summed E-state index contributed by atoms with van der Waals surface area (Å²) in [7, 11) is 0. The van der Waals surface area contributed by atoms with Crippen LogP contribution in [0.1, 0.15) is 0 Å². The number of hydrogen-bond acceptors (Lipinski definition) is 2. The van der Waals surface area contributed by atoms with Gasteiger partial charge in [-0.1, -0.05) is 0 Å². The van der Waals surface area contributed by atoms with Gasteiger partial charge in [-0.15, -0.1) is 0 Å². The topological polar surface area (TPSA) is 117 Å². The SMILES string of the molecule is [Mn+2].[Mn+2].[Mn+2].[O-2].[O-2].[OH-].[OH-]. The summed E-state index contributed by atoms with van der Waals surface area (Å²) in [6, 6.07) is 0. The fourth-order valence-electron chi connectivity index (χ4n) is 0. The summed E-state index contributed by atoms with van der Waals surface area (Å²) in [6.45, 7) is 0. The first-order valence-corrected chi connectivity index (χ1v) is 0. The second kappa shape index (κ2) is 155. The van der Waals surface area contributed by atoms with Crippen molar-refractivity contribution in [2.75, 3.05) is 0 Å². The van der Waals surface area contributed by atoms with E-state index in [2.05, 4.69) is 0 Å². The molecule has 0 amide bonds. The van der Waals surface area contributed by atoms with E-state index in [9.17, 15) is 0 Å². The van der Waals surface area contributed by atoms with Gasteiger partial charge in [-0.3, -0.25) is 0 Å². The van der Waals surface area contributed by atoms with Crippen molar-refractivity contribution < 1.29 is 73.1 Å². The van der Waals surface area contributed by atoms with E-state index in [1.165, 1.54) is 0 Å². The van der Waals surface area contributed by atoms with Gasteiger partial charge in [-0.2, -0.15) is 0 Å². The molecule has 4 nitrogen and oxygen atoms in total. The molecule has 0 aliphatic rings. The second-order valence-corrected chi connectivity index (χ2v) is 0. The summed E-state index contributed by atoms with van der Waals surface area (Å²) in [5.74, 6) is 0. The quantitative estimate of drug-likeness (QED) is 0.517. The zero-order valence-corrected chi connectivity index (χ0v) is 6.39. The molecule has 0 spiro atoms. The van der Waals surface area contributed by atoms with Crippen LogP contribution in [-0.4, -0.2) is 11.0 Å². The van der Waals surface area contributed by atoms with Gasteiger partial charge in [0.15, 0.2) is 0 Å². The summed E-state index contributed by atoms with van der Waals surface area (Å²) >= 11 is 0. The van der Waals surface area contributed by atoms with Crippen molar-refractivity contribution in [3.8, 4) is 0 Å². The maximum Gasteiger partial charge on any atom is 2.00 e. The monoisotopic (exact) mass is 231 g/mol. The first-order chi connectivity index (χ1) is 0. The normalized spacial score (nSPS) is 0. The van der Waals surface area contributed by atoms with Crippen LogP contribution in [0.3, 0.4) is 0 Å². The third-order valence-electron chi connectivity index (χ3n) is 0. The Kier molecular flexibility index (Phi) is 5200. The second-order valence-electron chi connectivity index (χ2n) is 0. The number of rotatable bonds is 0. The van der Waals surface area contributed by atoms with E-state index >= 15 is 0 Å². The Labute approximate surface area is 73.1 Å². The summed E-state index contributed by atoms with van der Waals surface area (Å²) in [4.78, 5) is 0. The van der Waals surface area contributed by atoms with Crippen LogP contribution in [-0.2, 0) is 62.2 Å². The largest absolute Gasteiger partial charge is 2.00 e. The third-order valence-corrected chi connectivity index (χ3v) is 0. The Bertz CT molecular complexity index is 6.90. The van der Waals surface area contributed by atoms with E-state index < -0.39 is 0 Å². The van der Waals surface area contributed by atoms with Crippen molar-refractivity contribution >= 4 is 0 Å².